The van der Waals surface area contributed by atoms with E-state index in [-0.39, 0.29) is 6.10 Å². The van der Waals surface area contributed by atoms with Gasteiger partial charge in [-0.15, -0.1) is 0 Å². The predicted octanol–water partition coefficient (Wildman–Crippen LogP) is 1.64. The summed E-state index contributed by atoms with van der Waals surface area (Å²) in [5.41, 5.74) is 1.62. The molecule has 5 heteroatoms. The molecule has 1 fully saturated rings. The van der Waals surface area contributed by atoms with Gasteiger partial charge < -0.3 is 9.84 Å². The number of hydrogen-bond donors (Lipinski definition) is 1. The van der Waals surface area contributed by atoms with Gasteiger partial charge in [0.2, 0.25) is 0 Å². The molecule has 1 aromatic rings. The highest BCUT2D eigenvalue weighted by Crippen LogP contribution is 2.25. The molecular weight excluding hydrogens is 224 g/mol. The van der Waals surface area contributed by atoms with Crippen LogP contribution in [0.1, 0.15) is 36.2 Å². The molecule has 88 valence electrons. The van der Waals surface area contributed by atoms with Crippen molar-refractivity contribution in [1.29, 1.82) is 0 Å². The molecule has 2 atom stereocenters. The van der Waals surface area contributed by atoms with E-state index < -0.39 is 6.10 Å². The molecule has 0 bridgehead atoms. The minimum Gasteiger partial charge on any atom is -0.389 e. The van der Waals surface area contributed by atoms with E-state index in [1.54, 1.807) is 13.1 Å². The predicted molar refractivity (Wildman–Crippen MR) is 63.4 cm³/mol. The molecular formula is C11H16N2O2S. The van der Waals surface area contributed by atoms with Crippen molar-refractivity contribution in [3.05, 3.63) is 23.3 Å². The zero-order chi connectivity index (χ0) is 11.5. The van der Waals surface area contributed by atoms with E-state index in [0.29, 0.717) is 0 Å². The summed E-state index contributed by atoms with van der Waals surface area (Å²) in [6.45, 7) is 4.37. The van der Waals surface area contributed by atoms with Crippen molar-refractivity contribution in [1.82, 2.24) is 9.97 Å². The SMILES string of the molecule is Cc1nc(C2CSCCO2)ncc1C(C)O. The van der Waals surface area contributed by atoms with Gasteiger partial charge in [0.15, 0.2) is 5.82 Å². The Balaban J connectivity index is 2.19. The highest BCUT2D eigenvalue weighted by Gasteiger charge is 2.20. The highest BCUT2D eigenvalue weighted by atomic mass is 32.2. The van der Waals surface area contributed by atoms with Crippen LogP contribution in [0.25, 0.3) is 0 Å². The van der Waals surface area contributed by atoms with Crippen molar-refractivity contribution < 1.29 is 9.84 Å². The zero-order valence-corrected chi connectivity index (χ0v) is 10.3. The maximum atomic E-state index is 9.49. The lowest BCUT2D eigenvalue weighted by Gasteiger charge is -2.21. The number of nitrogens with zero attached hydrogens (tertiary/aromatic N) is 2. The fourth-order valence-electron chi connectivity index (χ4n) is 1.70. The van der Waals surface area contributed by atoms with Crippen LogP contribution in [0.4, 0.5) is 0 Å². The van der Waals surface area contributed by atoms with E-state index in [4.69, 9.17) is 4.74 Å². The molecule has 0 amide bonds. The number of rotatable bonds is 2. The fraction of sp³-hybridized carbons (Fsp3) is 0.636. The molecule has 1 aliphatic rings. The Bertz CT molecular complexity index is 365. The first-order chi connectivity index (χ1) is 7.68. The molecule has 2 heterocycles. The fourth-order valence-corrected chi connectivity index (χ4v) is 2.54. The third-order valence-electron chi connectivity index (χ3n) is 2.59. The van der Waals surface area contributed by atoms with Gasteiger partial charge in [0.05, 0.1) is 12.7 Å². The third-order valence-corrected chi connectivity index (χ3v) is 3.58. The maximum absolute atomic E-state index is 9.49. The lowest BCUT2D eigenvalue weighted by atomic mass is 10.1. The molecule has 0 radical (unpaired) electrons. The monoisotopic (exact) mass is 240 g/mol. The van der Waals surface area contributed by atoms with Crippen LogP contribution in [-0.4, -0.2) is 33.2 Å². The Labute approximate surface area is 99.5 Å². The topological polar surface area (TPSA) is 55.2 Å². The summed E-state index contributed by atoms with van der Waals surface area (Å²) >= 11 is 1.86. The number of aromatic nitrogens is 2. The number of thioether (sulfide) groups is 1. The van der Waals surface area contributed by atoms with Gasteiger partial charge in [-0.2, -0.15) is 11.8 Å². The number of aryl methyl sites for hydroxylation is 1. The van der Waals surface area contributed by atoms with Crippen LogP contribution in [0.5, 0.6) is 0 Å². The van der Waals surface area contributed by atoms with Gasteiger partial charge in [-0.3, -0.25) is 0 Å². The number of aliphatic hydroxyl groups excluding tert-OH is 1. The molecule has 0 saturated carbocycles. The van der Waals surface area contributed by atoms with Gasteiger partial charge >= 0.3 is 0 Å². The number of aliphatic hydroxyl groups is 1. The second-order valence-electron chi connectivity index (χ2n) is 3.88. The van der Waals surface area contributed by atoms with Crippen molar-refractivity contribution in [3.8, 4) is 0 Å². The molecule has 1 saturated heterocycles. The normalized spacial score (nSPS) is 23.1. The lowest BCUT2D eigenvalue weighted by Crippen LogP contribution is -2.19. The first kappa shape index (κ1) is 11.8. The van der Waals surface area contributed by atoms with Gasteiger partial charge in [-0.1, -0.05) is 0 Å². The van der Waals surface area contributed by atoms with E-state index >= 15 is 0 Å². The summed E-state index contributed by atoms with van der Waals surface area (Å²) in [5, 5.41) is 9.49. The Morgan fingerprint density at radius 3 is 3.00 bits per heavy atom. The molecule has 1 aliphatic heterocycles. The summed E-state index contributed by atoms with van der Waals surface area (Å²) < 4.78 is 5.61. The van der Waals surface area contributed by atoms with Gasteiger partial charge in [-0.25, -0.2) is 9.97 Å². The summed E-state index contributed by atoms with van der Waals surface area (Å²) in [5.74, 6) is 2.68. The summed E-state index contributed by atoms with van der Waals surface area (Å²) in [4.78, 5) is 8.68. The molecule has 1 N–H and O–H groups in total. The summed E-state index contributed by atoms with van der Waals surface area (Å²) in [7, 11) is 0. The highest BCUT2D eigenvalue weighted by molar-refractivity contribution is 7.99. The summed E-state index contributed by atoms with van der Waals surface area (Å²) in [6.07, 6.45) is 1.18. The van der Waals surface area contributed by atoms with Crippen molar-refractivity contribution >= 4 is 11.8 Å². The Hall–Kier alpha value is -0.650. The van der Waals surface area contributed by atoms with Crippen LogP contribution in [0.3, 0.4) is 0 Å². The first-order valence-corrected chi connectivity index (χ1v) is 6.55. The van der Waals surface area contributed by atoms with E-state index in [1.807, 2.05) is 18.7 Å². The van der Waals surface area contributed by atoms with E-state index in [1.165, 1.54) is 0 Å². The number of hydrogen-bond acceptors (Lipinski definition) is 5. The minimum absolute atomic E-state index is 0.000462. The maximum Gasteiger partial charge on any atom is 0.158 e. The zero-order valence-electron chi connectivity index (χ0n) is 9.51. The second kappa shape index (κ2) is 5.12. The van der Waals surface area contributed by atoms with Crippen LogP contribution in [-0.2, 0) is 4.74 Å². The first-order valence-electron chi connectivity index (χ1n) is 5.39. The quantitative estimate of drug-likeness (QED) is 0.851. The molecule has 4 nitrogen and oxygen atoms in total. The van der Waals surface area contributed by atoms with Crippen LogP contribution in [0.2, 0.25) is 0 Å². The standard InChI is InChI=1S/C11H16N2O2S/c1-7-9(8(2)14)5-12-11(13-7)10-6-16-4-3-15-10/h5,8,10,14H,3-4,6H2,1-2H3. The Kier molecular flexibility index (Phi) is 3.78. The van der Waals surface area contributed by atoms with Crippen LogP contribution in [0, 0.1) is 6.92 Å². The van der Waals surface area contributed by atoms with Crippen molar-refractivity contribution in [2.45, 2.75) is 26.1 Å². The average molecular weight is 240 g/mol. The molecule has 16 heavy (non-hydrogen) atoms. The lowest BCUT2D eigenvalue weighted by molar-refractivity contribution is 0.0691. The van der Waals surface area contributed by atoms with Gasteiger partial charge in [0.1, 0.15) is 6.10 Å². The van der Waals surface area contributed by atoms with Crippen LogP contribution >= 0.6 is 11.8 Å². The molecule has 0 spiro atoms. The molecule has 2 rings (SSSR count). The number of ether oxygens (including phenoxy) is 1. The van der Waals surface area contributed by atoms with Gasteiger partial charge in [0, 0.05) is 29.0 Å². The van der Waals surface area contributed by atoms with Crippen LogP contribution in [0.15, 0.2) is 6.20 Å². The third kappa shape index (κ3) is 2.53. The Morgan fingerprint density at radius 1 is 1.62 bits per heavy atom. The molecule has 0 aromatic carbocycles. The van der Waals surface area contributed by atoms with E-state index in [2.05, 4.69) is 9.97 Å². The van der Waals surface area contributed by atoms with Gasteiger partial charge in [-0.05, 0) is 13.8 Å². The average Bonchev–Trinajstić information content (AvgIpc) is 2.29. The molecule has 2 unspecified atom stereocenters. The largest absolute Gasteiger partial charge is 0.389 e. The smallest absolute Gasteiger partial charge is 0.158 e. The Morgan fingerprint density at radius 2 is 2.44 bits per heavy atom. The molecule has 1 aromatic heterocycles. The van der Waals surface area contributed by atoms with Crippen molar-refractivity contribution in [2.75, 3.05) is 18.1 Å². The second-order valence-corrected chi connectivity index (χ2v) is 5.03. The van der Waals surface area contributed by atoms with Crippen molar-refractivity contribution in [2.24, 2.45) is 0 Å². The van der Waals surface area contributed by atoms with Gasteiger partial charge in [0.25, 0.3) is 0 Å². The minimum atomic E-state index is -0.518. The van der Waals surface area contributed by atoms with Crippen molar-refractivity contribution in [3.63, 3.8) is 0 Å². The van der Waals surface area contributed by atoms with Crippen LogP contribution < -0.4 is 0 Å². The summed E-state index contributed by atoms with van der Waals surface area (Å²) in [6, 6.07) is 0. The van der Waals surface area contributed by atoms with E-state index in [9.17, 15) is 5.11 Å². The molecule has 0 aliphatic carbocycles. The van der Waals surface area contributed by atoms with E-state index in [0.717, 1.165) is 35.2 Å².